The highest BCUT2D eigenvalue weighted by Gasteiger charge is 2.15. The van der Waals surface area contributed by atoms with Crippen molar-refractivity contribution in [2.45, 2.75) is 27.2 Å². The van der Waals surface area contributed by atoms with Gasteiger partial charge in [0.05, 0.1) is 0 Å². The molecule has 0 amide bonds. The molecule has 1 rings (SSSR count). The van der Waals surface area contributed by atoms with Crippen LogP contribution in [0.5, 0.6) is 5.75 Å². The van der Waals surface area contributed by atoms with Crippen LogP contribution in [0.4, 0.5) is 4.79 Å². The minimum absolute atomic E-state index is 0.109. The number of hydrogen-bond acceptors (Lipinski definition) is 2. The molecule has 82 valence electrons. The van der Waals surface area contributed by atoms with Gasteiger partial charge in [-0.1, -0.05) is 39.0 Å². The molecule has 0 unspecified atom stereocenters. The van der Waals surface area contributed by atoms with Gasteiger partial charge in [0.15, 0.2) is 0 Å². The number of ether oxygens (including phenoxy) is 1. The largest absolute Gasteiger partial charge is 0.511 e. The summed E-state index contributed by atoms with van der Waals surface area (Å²) in [6.07, 6.45) is -0.479. The molecule has 1 aromatic rings. The Hall–Kier alpha value is -1.51. The maximum Gasteiger partial charge on any atom is 0.511 e. The summed E-state index contributed by atoms with van der Waals surface area (Å²) in [7, 11) is 0. The van der Waals surface area contributed by atoms with Gasteiger partial charge < -0.3 is 9.84 Å². The van der Waals surface area contributed by atoms with Gasteiger partial charge in [-0.25, -0.2) is 4.79 Å². The molecule has 0 heterocycles. The van der Waals surface area contributed by atoms with Crippen molar-refractivity contribution in [1.82, 2.24) is 0 Å². The summed E-state index contributed by atoms with van der Waals surface area (Å²) in [5, 5.41) is 8.57. The lowest BCUT2D eigenvalue weighted by molar-refractivity contribution is 0.143. The lowest BCUT2D eigenvalue weighted by atomic mass is 9.88. The summed E-state index contributed by atoms with van der Waals surface area (Å²) in [5.41, 5.74) is 1.03. The number of para-hydroxylation sites is 1. The van der Waals surface area contributed by atoms with Crippen molar-refractivity contribution >= 4 is 6.16 Å². The molecule has 0 bridgehead atoms. The maximum absolute atomic E-state index is 10.5. The molecule has 3 heteroatoms. The molecule has 3 nitrogen and oxygen atoms in total. The van der Waals surface area contributed by atoms with Gasteiger partial charge >= 0.3 is 6.16 Å². The molecule has 15 heavy (non-hydrogen) atoms. The topological polar surface area (TPSA) is 46.5 Å². The van der Waals surface area contributed by atoms with Crippen LogP contribution < -0.4 is 4.74 Å². The Labute approximate surface area is 89.7 Å². The average molecular weight is 208 g/mol. The number of carbonyl (C=O) groups is 1. The van der Waals surface area contributed by atoms with Gasteiger partial charge in [0, 0.05) is 0 Å². The van der Waals surface area contributed by atoms with E-state index in [2.05, 4.69) is 20.8 Å². The predicted octanol–water partition coefficient (Wildman–Crippen LogP) is 3.33. The molecule has 0 saturated carbocycles. The number of carboxylic acid groups (broad SMARTS) is 1. The fraction of sp³-hybridized carbons (Fsp3) is 0.417. The minimum atomic E-state index is -1.27. The second kappa shape index (κ2) is 4.34. The highest BCUT2D eigenvalue weighted by Crippen LogP contribution is 2.27. The standard InChI is InChI=1S/C12H16O3/c1-12(2,3)8-9-6-4-5-7-10(9)15-11(13)14/h4-7H,8H2,1-3H3,(H,13,14). The van der Waals surface area contributed by atoms with Crippen molar-refractivity contribution in [3.8, 4) is 5.75 Å². The zero-order valence-corrected chi connectivity index (χ0v) is 9.28. The van der Waals surface area contributed by atoms with E-state index in [4.69, 9.17) is 9.84 Å². The van der Waals surface area contributed by atoms with Crippen molar-refractivity contribution in [3.05, 3.63) is 29.8 Å². The second-order valence-electron chi connectivity index (χ2n) is 4.71. The van der Waals surface area contributed by atoms with Crippen LogP contribution in [-0.2, 0) is 6.42 Å². The van der Waals surface area contributed by atoms with Crippen LogP contribution in [0.3, 0.4) is 0 Å². The van der Waals surface area contributed by atoms with E-state index in [-0.39, 0.29) is 5.41 Å². The summed E-state index contributed by atoms with van der Waals surface area (Å²) >= 11 is 0. The van der Waals surface area contributed by atoms with E-state index in [1.54, 1.807) is 12.1 Å². The SMILES string of the molecule is CC(C)(C)Cc1ccccc1OC(=O)O. The van der Waals surface area contributed by atoms with Crippen LogP contribution in [-0.4, -0.2) is 11.3 Å². The van der Waals surface area contributed by atoms with Crippen LogP contribution >= 0.6 is 0 Å². The van der Waals surface area contributed by atoms with Gasteiger partial charge in [-0.05, 0) is 23.5 Å². The summed E-state index contributed by atoms with van der Waals surface area (Å²) in [5.74, 6) is 0.430. The van der Waals surface area contributed by atoms with Crippen LogP contribution in [0, 0.1) is 5.41 Å². The van der Waals surface area contributed by atoms with Gasteiger partial charge in [0.25, 0.3) is 0 Å². The molecular formula is C12H16O3. The van der Waals surface area contributed by atoms with Crippen molar-refractivity contribution in [2.24, 2.45) is 5.41 Å². The number of rotatable bonds is 2. The molecule has 0 aliphatic heterocycles. The van der Waals surface area contributed by atoms with Crippen LogP contribution in [0.15, 0.2) is 24.3 Å². The minimum Gasteiger partial charge on any atom is -0.449 e. The molecule has 0 radical (unpaired) electrons. The lowest BCUT2D eigenvalue weighted by Crippen LogP contribution is -2.12. The van der Waals surface area contributed by atoms with Crippen LogP contribution in [0.1, 0.15) is 26.3 Å². The molecule has 0 aliphatic rings. The molecule has 0 aromatic heterocycles. The molecule has 0 spiro atoms. The lowest BCUT2D eigenvalue weighted by Gasteiger charge is -2.19. The van der Waals surface area contributed by atoms with E-state index < -0.39 is 6.16 Å². The Balaban J connectivity index is 2.91. The first-order valence-electron chi connectivity index (χ1n) is 4.87. The Morgan fingerprint density at radius 3 is 2.47 bits per heavy atom. The number of benzene rings is 1. The van der Waals surface area contributed by atoms with E-state index in [1.807, 2.05) is 12.1 Å². The summed E-state index contributed by atoms with van der Waals surface area (Å²) in [4.78, 5) is 10.5. The monoisotopic (exact) mass is 208 g/mol. The smallest absolute Gasteiger partial charge is 0.449 e. The molecule has 1 aromatic carbocycles. The first-order valence-corrected chi connectivity index (χ1v) is 4.87. The third-order valence-corrected chi connectivity index (χ3v) is 1.89. The highest BCUT2D eigenvalue weighted by atomic mass is 16.7. The van der Waals surface area contributed by atoms with Gasteiger partial charge in [-0.15, -0.1) is 0 Å². The zero-order chi connectivity index (χ0) is 11.5. The van der Waals surface area contributed by atoms with E-state index >= 15 is 0 Å². The first-order chi connectivity index (χ1) is 6.88. The van der Waals surface area contributed by atoms with Gasteiger partial charge in [-0.3, -0.25) is 0 Å². The molecule has 0 aliphatic carbocycles. The van der Waals surface area contributed by atoms with Gasteiger partial charge in [-0.2, -0.15) is 0 Å². The quantitative estimate of drug-likeness (QED) is 0.599. The van der Waals surface area contributed by atoms with Crippen molar-refractivity contribution in [3.63, 3.8) is 0 Å². The third kappa shape index (κ3) is 4.02. The molecule has 0 fully saturated rings. The predicted molar refractivity (Wildman–Crippen MR) is 58.3 cm³/mol. The van der Waals surface area contributed by atoms with Crippen LogP contribution in [0.25, 0.3) is 0 Å². The Bertz CT molecular complexity index is 350. The second-order valence-corrected chi connectivity index (χ2v) is 4.71. The van der Waals surface area contributed by atoms with Crippen molar-refractivity contribution < 1.29 is 14.6 Å². The zero-order valence-electron chi connectivity index (χ0n) is 9.28. The summed E-state index contributed by atoms with van der Waals surface area (Å²) < 4.78 is 4.71. The summed E-state index contributed by atoms with van der Waals surface area (Å²) in [6, 6.07) is 7.22. The fourth-order valence-corrected chi connectivity index (χ4v) is 1.41. The normalized spacial score (nSPS) is 11.1. The van der Waals surface area contributed by atoms with Gasteiger partial charge in [0.1, 0.15) is 5.75 Å². The summed E-state index contributed by atoms with van der Waals surface area (Å²) in [6.45, 7) is 6.31. The highest BCUT2D eigenvalue weighted by molar-refractivity contribution is 5.62. The first kappa shape index (κ1) is 11.6. The Morgan fingerprint density at radius 2 is 1.93 bits per heavy atom. The molecule has 1 N–H and O–H groups in total. The van der Waals surface area contributed by atoms with Crippen molar-refractivity contribution in [2.75, 3.05) is 0 Å². The van der Waals surface area contributed by atoms with Crippen molar-refractivity contribution in [1.29, 1.82) is 0 Å². The molecule has 0 atom stereocenters. The Kier molecular flexibility index (Phi) is 3.35. The van der Waals surface area contributed by atoms with E-state index in [1.165, 1.54) is 0 Å². The molecule has 0 saturated heterocycles. The van der Waals surface area contributed by atoms with E-state index in [9.17, 15) is 4.79 Å². The van der Waals surface area contributed by atoms with E-state index in [0.717, 1.165) is 12.0 Å². The Morgan fingerprint density at radius 1 is 1.33 bits per heavy atom. The number of hydrogen-bond donors (Lipinski definition) is 1. The van der Waals surface area contributed by atoms with Gasteiger partial charge in [0.2, 0.25) is 0 Å². The third-order valence-electron chi connectivity index (χ3n) is 1.89. The van der Waals surface area contributed by atoms with Crippen LogP contribution in [0.2, 0.25) is 0 Å². The molecular weight excluding hydrogens is 192 g/mol. The average Bonchev–Trinajstić information content (AvgIpc) is 2.05. The fourth-order valence-electron chi connectivity index (χ4n) is 1.41. The van der Waals surface area contributed by atoms with E-state index in [0.29, 0.717) is 5.75 Å². The maximum atomic E-state index is 10.5.